The molecule has 2 heterocycles. The molecule has 2 amide bonds. The second-order valence-electron chi connectivity index (χ2n) is 7.76. The average molecular weight is 344 g/mol. The number of hydrogen-bond donors (Lipinski definition) is 2. The molecule has 1 aromatic rings. The summed E-state index contributed by atoms with van der Waals surface area (Å²) < 4.78 is 0. The predicted molar refractivity (Wildman–Crippen MR) is 91.3 cm³/mol. The van der Waals surface area contributed by atoms with Gasteiger partial charge in [-0.15, -0.1) is 0 Å². The van der Waals surface area contributed by atoms with Gasteiger partial charge in [-0.25, -0.2) is 0 Å². The van der Waals surface area contributed by atoms with E-state index < -0.39 is 0 Å². The number of piperidine rings is 2. The van der Waals surface area contributed by atoms with Crippen LogP contribution in [0.1, 0.15) is 48.9 Å². The normalized spacial score (nSPS) is 27.0. The van der Waals surface area contributed by atoms with Crippen LogP contribution in [0.4, 0.5) is 0 Å². The van der Waals surface area contributed by atoms with Crippen molar-refractivity contribution in [1.29, 1.82) is 0 Å². The lowest BCUT2D eigenvalue weighted by Crippen LogP contribution is -2.55. The highest BCUT2D eigenvalue weighted by Gasteiger charge is 2.46. The average Bonchev–Trinajstić information content (AvgIpc) is 3.44. The summed E-state index contributed by atoms with van der Waals surface area (Å²) in [5.74, 6) is -0.629. The molecule has 3 aliphatic rings. The molecule has 2 saturated heterocycles. The number of benzene rings is 1. The van der Waals surface area contributed by atoms with Crippen molar-refractivity contribution in [3.8, 4) is 11.5 Å². The standard InChI is InChI=1S/C19H24N2O4/c22-15-4-1-3-14(17(15)24)18(25)20-10-2-8-19(11-20)9-7-16(23)21(12-19)13-5-6-13/h1,3-4,13,22,24H,2,5-12H2/t19-/m1/s1. The summed E-state index contributed by atoms with van der Waals surface area (Å²) >= 11 is 0. The smallest absolute Gasteiger partial charge is 0.257 e. The molecule has 3 fully saturated rings. The second-order valence-corrected chi connectivity index (χ2v) is 7.76. The lowest BCUT2D eigenvalue weighted by molar-refractivity contribution is -0.139. The SMILES string of the molecule is O=C(c1cccc(O)c1O)N1CCC[C@@]2(CCC(=O)N(C3CC3)C2)C1. The largest absolute Gasteiger partial charge is 0.504 e. The van der Waals surface area contributed by atoms with Crippen LogP contribution in [0.15, 0.2) is 18.2 Å². The molecule has 0 radical (unpaired) electrons. The Morgan fingerprint density at radius 3 is 2.72 bits per heavy atom. The molecule has 1 spiro atoms. The summed E-state index contributed by atoms with van der Waals surface area (Å²) in [5, 5.41) is 19.7. The third-order valence-corrected chi connectivity index (χ3v) is 5.88. The summed E-state index contributed by atoms with van der Waals surface area (Å²) in [6.07, 6.45) is 5.52. The Kier molecular flexibility index (Phi) is 3.85. The third-order valence-electron chi connectivity index (χ3n) is 5.88. The zero-order valence-corrected chi connectivity index (χ0v) is 14.3. The highest BCUT2D eigenvalue weighted by molar-refractivity contribution is 5.97. The number of amides is 2. The Morgan fingerprint density at radius 2 is 1.96 bits per heavy atom. The van der Waals surface area contributed by atoms with Crippen LogP contribution in [0.3, 0.4) is 0 Å². The number of carbonyl (C=O) groups is 2. The third kappa shape index (κ3) is 2.94. The Hall–Kier alpha value is -2.24. The zero-order chi connectivity index (χ0) is 17.6. The number of hydrogen-bond acceptors (Lipinski definition) is 4. The monoisotopic (exact) mass is 344 g/mol. The van der Waals surface area contributed by atoms with Crippen molar-refractivity contribution in [3.63, 3.8) is 0 Å². The van der Waals surface area contributed by atoms with Crippen LogP contribution in [0, 0.1) is 5.41 Å². The topological polar surface area (TPSA) is 81.1 Å². The molecule has 1 aromatic carbocycles. The summed E-state index contributed by atoms with van der Waals surface area (Å²) in [6.45, 7) is 2.00. The van der Waals surface area contributed by atoms with Gasteiger partial charge in [0.25, 0.3) is 5.91 Å². The lowest BCUT2D eigenvalue weighted by Gasteiger charge is -2.48. The van der Waals surface area contributed by atoms with Crippen LogP contribution < -0.4 is 0 Å². The fourth-order valence-electron chi connectivity index (χ4n) is 4.35. The van der Waals surface area contributed by atoms with E-state index in [2.05, 4.69) is 0 Å². The summed E-state index contributed by atoms with van der Waals surface area (Å²) in [5.41, 5.74) is 0.111. The number of likely N-dealkylation sites (tertiary alicyclic amines) is 2. The maximum atomic E-state index is 12.9. The zero-order valence-electron chi connectivity index (χ0n) is 14.3. The molecule has 2 aliphatic heterocycles. The van der Waals surface area contributed by atoms with Crippen molar-refractivity contribution >= 4 is 11.8 Å². The van der Waals surface area contributed by atoms with Crippen molar-refractivity contribution < 1.29 is 19.8 Å². The van der Waals surface area contributed by atoms with Crippen LogP contribution >= 0.6 is 0 Å². The van der Waals surface area contributed by atoms with E-state index in [9.17, 15) is 19.8 Å². The number of para-hydroxylation sites is 1. The highest BCUT2D eigenvalue weighted by Crippen LogP contribution is 2.43. The van der Waals surface area contributed by atoms with Crippen LogP contribution in [0.5, 0.6) is 11.5 Å². The Labute approximate surface area is 147 Å². The first-order chi connectivity index (χ1) is 12.0. The minimum atomic E-state index is -0.356. The van der Waals surface area contributed by atoms with Crippen molar-refractivity contribution in [3.05, 3.63) is 23.8 Å². The minimum Gasteiger partial charge on any atom is -0.504 e. The Bertz CT molecular complexity index is 715. The van der Waals surface area contributed by atoms with E-state index in [0.717, 1.165) is 38.6 Å². The molecule has 1 atom stereocenters. The molecule has 4 rings (SSSR count). The van der Waals surface area contributed by atoms with Gasteiger partial charge in [0.2, 0.25) is 5.91 Å². The first-order valence-corrected chi connectivity index (χ1v) is 9.09. The van der Waals surface area contributed by atoms with Gasteiger partial charge in [0.15, 0.2) is 11.5 Å². The number of phenols is 2. The molecular weight excluding hydrogens is 320 g/mol. The number of nitrogens with zero attached hydrogens (tertiary/aromatic N) is 2. The Morgan fingerprint density at radius 1 is 1.16 bits per heavy atom. The number of rotatable bonds is 2. The van der Waals surface area contributed by atoms with Gasteiger partial charge in [-0.05, 0) is 44.2 Å². The highest BCUT2D eigenvalue weighted by atomic mass is 16.3. The fourth-order valence-corrected chi connectivity index (χ4v) is 4.35. The molecule has 134 valence electrons. The molecule has 0 bridgehead atoms. The first-order valence-electron chi connectivity index (χ1n) is 9.09. The van der Waals surface area contributed by atoms with Gasteiger partial charge in [-0.2, -0.15) is 0 Å². The van der Waals surface area contributed by atoms with Crippen molar-refractivity contribution in [2.24, 2.45) is 5.41 Å². The van der Waals surface area contributed by atoms with E-state index in [4.69, 9.17) is 0 Å². The predicted octanol–water partition coefficient (Wildman–Crippen LogP) is 2.10. The van der Waals surface area contributed by atoms with Gasteiger partial charge < -0.3 is 20.0 Å². The van der Waals surface area contributed by atoms with Crippen LogP contribution in [-0.2, 0) is 4.79 Å². The van der Waals surface area contributed by atoms with Crippen molar-refractivity contribution in [2.75, 3.05) is 19.6 Å². The maximum absolute atomic E-state index is 12.9. The summed E-state index contributed by atoms with van der Waals surface area (Å²) in [4.78, 5) is 28.9. The molecule has 2 N–H and O–H groups in total. The number of phenolic OH excluding ortho intramolecular Hbond substituents is 2. The molecule has 1 saturated carbocycles. The van der Waals surface area contributed by atoms with E-state index in [1.807, 2.05) is 4.90 Å². The molecule has 0 unspecified atom stereocenters. The van der Waals surface area contributed by atoms with Gasteiger partial charge in [0.05, 0.1) is 5.56 Å². The Balaban J connectivity index is 1.53. The van der Waals surface area contributed by atoms with Crippen LogP contribution in [0.25, 0.3) is 0 Å². The van der Waals surface area contributed by atoms with Gasteiger partial charge >= 0.3 is 0 Å². The first kappa shape index (κ1) is 16.2. The fraction of sp³-hybridized carbons (Fsp3) is 0.579. The van der Waals surface area contributed by atoms with E-state index >= 15 is 0 Å². The molecule has 1 aliphatic carbocycles. The number of carbonyl (C=O) groups excluding carboxylic acids is 2. The van der Waals surface area contributed by atoms with E-state index in [0.29, 0.717) is 25.6 Å². The van der Waals surface area contributed by atoms with Gasteiger partial charge in [0, 0.05) is 37.5 Å². The van der Waals surface area contributed by atoms with E-state index in [-0.39, 0.29) is 34.3 Å². The van der Waals surface area contributed by atoms with Gasteiger partial charge in [-0.1, -0.05) is 6.07 Å². The van der Waals surface area contributed by atoms with Crippen molar-refractivity contribution in [1.82, 2.24) is 9.80 Å². The van der Waals surface area contributed by atoms with E-state index in [1.54, 1.807) is 17.0 Å². The summed E-state index contributed by atoms with van der Waals surface area (Å²) in [6, 6.07) is 4.88. The maximum Gasteiger partial charge on any atom is 0.257 e. The quantitative estimate of drug-likeness (QED) is 0.805. The van der Waals surface area contributed by atoms with E-state index in [1.165, 1.54) is 6.07 Å². The van der Waals surface area contributed by atoms with Crippen LogP contribution in [0.2, 0.25) is 0 Å². The molecule has 25 heavy (non-hydrogen) atoms. The van der Waals surface area contributed by atoms with Gasteiger partial charge in [0.1, 0.15) is 0 Å². The molecule has 0 aromatic heterocycles. The molecule has 6 nitrogen and oxygen atoms in total. The molecule has 6 heteroatoms. The minimum absolute atomic E-state index is 0.0309. The molecular formula is C19H24N2O4. The van der Waals surface area contributed by atoms with Crippen LogP contribution in [-0.4, -0.2) is 57.5 Å². The number of aromatic hydroxyl groups is 2. The van der Waals surface area contributed by atoms with Gasteiger partial charge in [-0.3, -0.25) is 9.59 Å². The van der Waals surface area contributed by atoms with Crippen molar-refractivity contribution in [2.45, 2.75) is 44.6 Å². The second kappa shape index (κ2) is 5.93. The lowest BCUT2D eigenvalue weighted by atomic mass is 9.73. The summed E-state index contributed by atoms with van der Waals surface area (Å²) in [7, 11) is 0.